The number of halogens is 4. The number of nitriles is 1. The molecule has 0 spiro atoms. The SMILES string of the molecule is N#Cc1ccc(CN(Cn2cc(Br)c([N+](=O)[O-])n2)CC(F)(F)F)cc1. The zero-order valence-corrected chi connectivity index (χ0v) is 14.2. The van der Waals surface area contributed by atoms with Gasteiger partial charge in [0.2, 0.25) is 0 Å². The first-order chi connectivity index (χ1) is 11.7. The van der Waals surface area contributed by atoms with Gasteiger partial charge in [0, 0.05) is 6.54 Å². The van der Waals surface area contributed by atoms with E-state index in [9.17, 15) is 23.3 Å². The molecule has 0 saturated carbocycles. The number of nitrogens with zero attached hydrogens (tertiary/aromatic N) is 5. The summed E-state index contributed by atoms with van der Waals surface area (Å²) in [7, 11) is 0. The highest BCUT2D eigenvalue weighted by Gasteiger charge is 2.31. The van der Waals surface area contributed by atoms with E-state index in [1.54, 1.807) is 12.1 Å². The van der Waals surface area contributed by atoms with Crippen molar-refractivity contribution in [2.75, 3.05) is 6.54 Å². The quantitative estimate of drug-likeness (QED) is 0.530. The minimum absolute atomic E-state index is 0.0590. The lowest BCUT2D eigenvalue weighted by atomic mass is 10.1. The molecule has 0 fully saturated rings. The van der Waals surface area contributed by atoms with E-state index in [4.69, 9.17) is 5.26 Å². The molecule has 25 heavy (non-hydrogen) atoms. The van der Waals surface area contributed by atoms with Crippen molar-refractivity contribution >= 4 is 21.7 Å². The number of hydrogen-bond donors (Lipinski definition) is 0. The summed E-state index contributed by atoms with van der Waals surface area (Å²) in [4.78, 5) is 11.1. The fraction of sp³-hybridized carbons (Fsp3) is 0.286. The van der Waals surface area contributed by atoms with Crippen LogP contribution in [0.15, 0.2) is 34.9 Å². The van der Waals surface area contributed by atoms with E-state index in [1.165, 1.54) is 18.3 Å². The third kappa shape index (κ3) is 5.54. The number of nitro groups is 1. The van der Waals surface area contributed by atoms with E-state index in [0.29, 0.717) is 11.1 Å². The first-order valence-electron chi connectivity index (χ1n) is 6.83. The summed E-state index contributed by atoms with van der Waals surface area (Å²) in [5.74, 6) is -0.467. The average Bonchev–Trinajstić information content (AvgIpc) is 2.87. The third-order valence-corrected chi connectivity index (χ3v) is 3.67. The predicted molar refractivity (Wildman–Crippen MR) is 84.2 cm³/mol. The van der Waals surface area contributed by atoms with E-state index in [-0.39, 0.29) is 17.7 Å². The predicted octanol–water partition coefficient (Wildman–Crippen LogP) is 3.45. The topological polar surface area (TPSA) is 88.0 Å². The third-order valence-electron chi connectivity index (χ3n) is 3.11. The molecular formula is C14H11BrF3N5O2. The summed E-state index contributed by atoms with van der Waals surface area (Å²) in [5.41, 5.74) is 0.974. The molecule has 1 heterocycles. The maximum Gasteiger partial charge on any atom is 0.404 e. The second kappa shape index (κ2) is 7.62. The highest BCUT2D eigenvalue weighted by Crippen LogP contribution is 2.23. The van der Waals surface area contributed by atoms with Gasteiger partial charge in [0.15, 0.2) is 0 Å². The smallest absolute Gasteiger partial charge is 0.358 e. The molecule has 0 aliphatic rings. The summed E-state index contributed by atoms with van der Waals surface area (Å²) in [5, 5.41) is 23.2. The van der Waals surface area contributed by atoms with E-state index < -0.39 is 23.5 Å². The van der Waals surface area contributed by atoms with Crippen LogP contribution in [0.1, 0.15) is 11.1 Å². The summed E-state index contributed by atoms with van der Waals surface area (Å²) >= 11 is 2.96. The van der Waals surface area contributed by atoms with Gasteiger partial charge in [-0.15, -0.1) is 0 Å². The summed E-state index contributed by atoms with van der Waals surface area (Å²) < 4.78 is 39.6. The van der Waals surface area contributed by atoms with E-state index in [1.807, 2.05) is 6.07 Å². The monoisotopic (exact) mass is 417 g/mol. The molecule has 0 N–H and O–H groups in total. The molecule has 0 aliphatic carbocycles. The molecule has 0 unspecified atom stereocenters. The molecule has 2 rings (SSSR count). The van der Waals surface area contributed by atoms with Gasteiger partial charge < -0.3 is 10.1 Å². The summed E-state index contributed by atoms with van der Waals surface area (Å²) in [6.45, 7) is -1.55. The molecule has 2 aromatic rings. The van der Waals surface area contributed by atoms with Gasteiger partial charge in [0.05, 0.1) is 29.5 Å². The van der Waals surface area contributed by atoms with E-state index >= 15 is 0 Å². The maximum atomic E-state index is 12.8. The van der Waals surface area contributed by atoms with Crippen LogP contribution in [0.5, 0.6) is 0 Å². The average molecular weight is 418 g/mol. The molecule has 0 aliphatic heterocycles. The lowest BCUT2D eigenvalue weighted by Gasteiger charge is -2.22. The van der Waals surface area contributed by atoms with Gasteiger partial charge in [0.1, 0.15) is 11.1 Å². The van der Waals surface area contributed by atoms with E-state index in [0.717, 1.165) is 9.58 Å². The zero-order valence-electron chi connectivity index (χ0n) is 12.6. The molecule has 132 valence electrons. The van der Waals surface area contributed by atoms with Crippen LogP contribution in [-0.4, -0.2) is 32.3 Å². The van der Waals surface area contributed by atoms with Crippen molar-refractivity contribution in [1.82, 2.24) is 14.7 Å². The van der Waals surface area contributed by atoms with Crippen molar-refractivity contribution in [1.29, 1.82) is 5.26 Å². The fourth-order valence-electron chi connectivity index (χ4n) is 2.14. The van der Waals surface area contributed by atoms with Gasteiger partial charge in [-0.3, -0.25) is 4.90 Å². The second-order valence-electron chi connectivity index (χ2n) is 5.15. The second-order valence-corrected chi connectivity index (χ2v) is 6.00. The van der Waals surface area contributed by atoms with E-state index in [2.05, 4.69) is 21.0 Å². The lowest BCUT2D eigenvalue weighted by molar-refractivity contribution is -0.390. The Labute approximate surface area is 148 Å². The number of benzene rings is 1. The van der Waals surface area contributed by atoms with Crippen molar-refractivity contribution < 1.29 is 18.1 Å². The number of aromatic nitrogens is 2. The summed E-state index contributed by atoms with van der Waals surface area (Å²) in [6, 6.07) is 8.07. The van der Waals surface area contributed by atoms with Crippen LogP contribution in [0.2, 0.25) is 0 Å². The Hall–Kier alpha value is -2.45. The molecular weight excluding hydrogens is 407 g/mol. The standard InChI is InChI=1S/C14H11BrF3N5O2/c15-12-7-22(20-13(12)23(24)25)9-21(8-14(16,17)18)6-11-3-1-10(5-19)2-4-11/h1-4,7H,6,8-9H2. The largest absolute Gasteiger partial charge is 0.404 e. The molecule has 0 saturated heterocycles. The Morgan fingerprint density at radius 1 is 1.36 bits per heavy atom. The van der Waals surface area contributed by atoms with Crippen LogP contribution in [0.4, 0.5) is 19.0 Å². The first-order valence-corrected chi connectivity index (χ1v) is 7.63. The molecule has 1 aromatic carbocycles. The number of rotatable bonds is 6. The Morgan fingerprint density at radius 3 is 2.48 bits per heavy atom. The van der Waals surface area contributed by atoms with Crippen molar-refractivity contribution in [3.63, 3.8) is 0 Å². The maximum absolute atomic E-state index is 12.8. The highest BCUT2D eigenvalue weighted by atomic mass is 79.9. The minimum atomic E-state index is -4.44. The van der Waals surface area contributed by atoms with Gasteiger partial charge in [-0.05, 0) is 38.5 Å². The van der Waals surface area contributed by atoms with Gasteiger partial charge in [-0.25, -0.2) is 0 Å². The molecule has 0 atom stereocenters. The van der Waals surface area contributed by atoms with Crippen LogP contribution in [0.3, 0.4) is 0 Å². The van der Waals surface area contributed by atoms with Crippen LogP contribution < -0.4 is 0 Å². The lowest BCUT2D eigenvalue weighted by Crippen LogP contribution is -2.35. The Bertz CT molecular complexity index is 798. The summed E-state index contributed by atoms with van der Waals surface area (Å²) in [6.07, 6.45) is -3.19. The fourth-order valence-corrected chi connectivity index (χ4v) is 2.60. The first kappa shape index (κ1) is 18.9. The molecule has 11 heteroatoms. The zero-order chi connectivity index (χ0) is 18.6. The minimum Gasteiger partial charge on any atom is -0.358 e. The van der Waals surface area contributed by atoms with Crippen LogP contribution in [0.25, 0.3) is 0 Å². The molecule has 1 aromatic heterocycles. The van der Waals surface area contributed by atoms with Gasteiger partial charge >= 0.3 is 12.0 Å². The van der Waals surface area contributed by atoms with Gasteiger partial charge in [-0.2, -0.15) is 23.1 Å². The van der Waals surface area contributed by atoms with Gasteiger partial charge in [-0.1, -0.05) is 12.1 Å². The van der Waals surface area contributed by atoms with Crippen LogP contribution in [0, 0.1) is 21.4 Å². The Kier molecular flexibility index (Phi) is 5.76. The Morgan fingerprint density at radius 2 is 2.00 bits per heavy atom. The van der Waals surface area contributed by atoms with Crippen LogP contribution in [-0.2, 0) is 13.2 Å². The molecule has 7 nitrogen and oxygen atoms in total. The Balaban J connectivity index is 2.19. The molecule has 0 amide bonds. The normalized spacial score (nSPS) is 11.5. The number of hydrogen-bond acceptors (Lipinski definition) is 5. The van der Waals surface area contributed by atoms with Crippen LogP contribution >= 0.6 is 15.9 Å². The van der Waals surface area contributed by atoms with Crippen molar-refractivity contribution in [3.05, 3.63) is 56.2 Å². The van der Waals surface area contributed by atoms with Gasteiger partial charge in [0.25, 0.3) is 0 Å². The van der Waals surface area contributed by atoms with Crippen molar-refractivity contribution in [3.8, 4) is 6.07 Å². The number of alkyl halides is 3. The highest BCUT2D eigenvalue weighted by molar-refractivity contribution is 9.10. The van der Waals surface area contributed by atoms with Crippen molar-refractivity contribution in [2.45, 2.75) is 19.4 Å². The van der Waals surface area contributed by atoms with Crippen molar-refractivity contribution in [2.24, 2.45) is 0 Å². The molecule has 0 bridgehead atoms. The molecule has 0 radical (unpaired) electrons.